The molecule has 0 heterocycles. The van der Waals surface area contributed by atoms with E-state index in [1.54, 1.807) is 0 Å². The number of nitrogens with one attached hydrogen (secondary N) is 1. The zero-order valence-corrected chi connectivity index (χ0v) is 9.14. The van der Waals surface area contributed by atoms with Gasteiger partial charge >= 0.3 is 0 Å². The number of rotatable bonds is 5. The molecule has 0 radical (unpaired) electrons. The molecule has 14 heavy (non-hydrogen) atoms. The van der Waals surface area contributed by atoms with E-state index in [1.165, 1.54) is 16.7 Å². The first kappa shape index (κ1) is 11.0. The van der Waals surface area contributed by atoms with Crippen LogP contribution in [0.4, 0.5) is 0 Å². The Morgan fingerprint density at radius 1 is 1.21 bits per heavy atom. The first-order chi connectivity index (χ1) is 6.72. The molecule has 0 spiro atoms. The van der Waals surface area contributed by atoms with Crippen LogP contribution in [0.1, 0.15) is 25.0 Å². The summed E-state index contributed by atoms with van der Waals surface area (Å²) in [6, 6.07) is 8.75. The Morgan fingerprint density at radius 3 is 2.29 bits per heavy atom. The van der Waals surface area contributed by atoms with E-state index in [9.17, 15) is 0 Å². The van der Waals surface area contributed by atoms with Crippen LogP contribution in [0.15, 0.2) is 36.4 Å². The molecule has 0 amide bonds. The minimum Gasteiger partial charge on any atom is -0.309 e. The van der Waals surface area contributed by atoms with Crippen molar-refractivity contribution in [1.82, 2.24) is 5.32 Å². The van der Waals surface area contributed by atoms with E-state index in [1.807, 2.05) is 6.92 Å². The van der Waals surface area contributed by atoms with Crippen molar-refractivity contribution in [2.45, 2.75) is 26.8 Å². The zero-order valence-electron chi connectivity index (χ0n) is 9.14. The second kappa shape index (κ2) is 5.61. The first-order valence-corrected chi connectivity index (χ1v) is 5.15. The van der Waals surface area contributed by atoms with Gasteiger partial charge in [0.15, 0.2) is 0 Å². The van der Waals surface area contributed by atoms with Crippen molar-refractivity contribution in [3.63, 3.8) is 0 Å². The smallest absolute Gasteiger partial charge is 0.0208 e. The van der Waals surface area contributed by atoms with E-state index in [2.05, 4.69) is 43.1 Å². The summed E-state index contributed by atoms with van der Waals surface area (Å²) in [4.78, 5) is 0. The Bertz CT molecular complexity index is 285. The maximum absolute atomic E-state index is 3.85. The van der Waals surface area contributed by atoms with Gasteiger partial charge in [0.25, 0.3) is 0 Å². The molecule has 0 aliphatic rings. The van der Waals surface area contributed by atoms with Crippen LogP contribution in [0.3, 0.4) is 0 Å². The molecule has 0 aliphatic heterocycles. The minimum atomic E-state index is 0.898. The van der Waals surface area contributed by atoms with Crippen LogP contribution in [0.5, 0.6) is 0 Å². The van der Waals surface area contributed by atoms with Gasteiger partial charge in [0, 0.05) is 13.1 Å². The quantitative estimate of drug-likeness (QED) is 0.702. The van der Waals surface area contributed by atoms with Crippen molar-refractivity contribution >= 4 is 0 Å². The number of hydrogen-bond acceptors (Lipinski definition) is 1. The molecule has 0 unspecified atom stereocenters. The summed E-state index contributed by atoms with van der Waals surface area (Å²) in [5.41, 5.74) is 3.91. The fraction of sp³-hybridized carbons (Fsp3) is 0.385. The monoisotopic (exact) mass is 189 g/mol. The summed E-state index contributed by atoms with van der Waals surface area (Å²) in [7, 11) is 0. The third-order valence-electron chi connectivity index (χ3n) is 2.19. The second-order valence-corrected chi connectivity index (χ2v) is 3.73. The van der Waals surface area contributed by atoms with Gasteiger partial charge < -0.3 is 5.32 Å². The third-order valence-corrected chi connectivity index (χ3v) is 2.19. The molecule has 0 saturated heterocycles. The second-order valence-electron chi connectivity index (χ2n) is 3.73. The highest BCUT2D eigenvalue weighted by Gasteiger charge is 1.93. The SMILES string of the molecule is C=C(C)CNCc1ccc(CC)cc1. The van der Waals surface area contributed by atoms with Gasteiger partial charge in [0.05, 0.1) is 0 Å². The van der Waals surface area contributed by atoms with Crippen molar-refractivity contribution < 1.29 is 0 Å². The molecule has 1 N–H and O–H groups in total. The summed E-state index contributed by atoms with van der Waals surface area (Å²) in [5.74, 6) is 0. The minimum absolute atomic E-state index is 0.898. The van der Waals surface area contributed by atoms with E-state index in [-0.39, 0.29) is 0 Å². The van der Waals surface area contributed by atoms with Gasteiger partial charge in [0.2, 0.25) is 0 Å². The number of hydrogen-bond donors (Lipinski definition) is 1. The molecule has 1 aromatic carbocycles. The summed E-state index contributed by atoms with van der Waals surface area (Å²) in [6.45, 7) is 9.89. The molecule has 1 nitrogen and oxygen atoms in total. The highest BCUT2D eigenvalue weighted by Crippen LogP contribution is 2.04. The molecule has 0 saturated carbocycles. The van der Waals surface area contributed by atoms with Crippen LogP contribution in [0.25, 0.3) is 0 Å². The Morgan fingerprint density at radius 2 is 1.79 bits per heavy atom. The summed E-state index contributed by atoms with van der Waals surface area (Å²) < 4.78 is 0. The van der Waals surface area contributed by atoms with Gasteiger partial charge in [-0.15, -0.1) is 0 Å². The highest BCUT2D eigenvalue weighted by atomic mass is 14.8. The van der Waals surface area contributed by atoms with Gasteiger partial charge in [-0.05, 0) is 24.5 Å². The molecule has 1 heteroatoms. The van der Waals surface area contributed by atoms with Crippen LogP contribution in [0.2, 0.25) is 0 Å². The van der Waals surface area contributed by atoms with Crippen molar-refractivity contribution in [2.24, 2.45) is 0 Å². The normalized spacial score (nSPS) is 10.1. The van der Waals surface area contributed by atoms with Crippen LogP contribution < -0.4 is 5.32 Å². The molecule has 1 rings (SSSR count). The van der Waals surface area contributed by atoms with Crippen molar-refractivity contribution in [3.05, 3.63) is 47.5 Å². The van der Waals surface area contributed by atoms with Gasteiger partial charge in [-0.3, -0.25) is 0 Å². The Kier molecular flexibility index (Phi) is 4.41. The first-order valence-electron chi connectivity index (χ1n) is 5.15. The van der Waals surface area contributed by atoms with Crippen LogP contribution in [-0.2, 0) is 13.0 Å². The maximum Gasteiger partial charge on any atom is 0.0208 e. The fourth-order valence-electron chi connectivity index (χ4n) is 1.31. The molecule has 76 valence electrons. The molecule has 0 aromatic heterocycles. The maximum atomic E-state index is 3.85. The van der Waals surface area contributed by atoms with Gasteiger partial charge in [-0.25, -0.2) is 0 Å². The lowest BCUT2D eigenvalue weighted by molar-refractivity contribution is 0.740. The summed E-state index contributed by atoms with van der Waals surface area (Å²) in [5, 5.41) is 3.34. The van der Waals surface area contributed by atoms with E-state index >= 15 is 0 Å². The summed E-state index contributed by atoms with van der Waals surface area (Å²) in [6.07, 6.45) is 1.11. The predicted molar refractivity (Wildman–Crippen MR) is 62.3 cm³/mol. The van der Waals surface area contributed by atoms with Gasteiger partial charge in [-0.1, -0.05) is 43.3 Å². The zero-order chi connectivity index (χ0) is 10.4. The predicted octanol–water partition coefficient (Wildman–Crippen LogP) is 2.91. The Labute approximate surface area is 86.8 Å². The molecule has 1 aromatic rings. The van der Waals surface area contributed by atoms with Crippen molar-refractivity contribution in [2.75, 3.05) is 6.54 Å². The topological polar surface area (TPSA) is 12.0 Å². The average Bonchev–Trinajstić information content (AvgIpc) is 2.18. The van der Waals surface area contributed by atoms with E-state index in [4.69, 9.17) is 0 Å². The van der Waals surface area contributed by atoms with Gasteiger partial charge in [-0.2, -0.15) is 0 Å². The summed E-state index contributed by atoms with van der Waals surface area (Å²) >= 11 is 0. The third kappa shape index (κ3) is 3.75. The van der Waals surface area contributed by atoms with Crippen molar-refractivity contribution in [1.29, 1.82) is 0 Å². The number of aryl methyl sites for hydroxylation is 1. The van der Waals surface area contributed by atoms with Crippen LogP contribution in [0, 0.1) is 0 Å². The molecule has 0 aliphatic carbocycles. The lowest BCUT2D eigenvalue weighted by Crippen LogP contribution is -2.14. The van der Waals surface area contributed by atoms with Crippen LogP contribution in [-0.4, -0.2) is 6.54 Å². The molecular formula is C13H19N. The highest BCUT2D eigenvalue weighted by molar-refractivity contribution is 5.22. The van der Waals surface area contributed by atoms with Gasteiger partial charge in [0.1, 0.15) is 0 Å². The van der Waals surface area contributed by atoms with E-state index < -0.39 is 0 Å². The van der Waals surface area contributed by atoms with E-state index in [0.29, 0.717) is 0 Å². The molecule has 0 bridgehead atoms. The van der Waals surface area contributed by atoms with Crippen molar-refractivity contribution in [3.8, 4) is 0 Å². The largest absolute Gasteiger partial charge is 0.309 e. The molecule has 0 atom stereocenters. The Hall–Kier alpha value is -1.08. The lowest BCUT2D eigenvalue weighted by Gasteiger charge is -2.05. The lowest BCUT2D eigenvalue weighted by atomic mass is 10.1. The molecular weight excluding hydrogens is 170 g/mol. The number of benzene rings is 1. The molecule has 0 fully saturated rings. The standard InChI is InChI=1S/C13H19N/c1-4-12-5-7-13(8-6-12)10-14-9-11(2)3/h5-8,14H,2,4,9-10H2,1,3H3. The Balaban J connectivity index is 2.40. The van der Waals surface area contributed by atoms with Crippen LogP contribution >= 0.6 is 0 Å². The van der Waals surface area contributed by atoms with E-state index in [0.717, 1.165) is 19.5 Å². The average molecular weight is 189 g/mol. The fourth-order valence-corrected chi connectivity index (χ4v) is 1.31.